The summed E-state index contributed by atoms with van der Waals surface area (Å²) in [5, 5.41) is 3.69. The Morgan fingerprint density at radius 3 is 2.47 bits per heavy atom. The monoisotopic (exact) mass is 431 g/mol. The van der Waals surface area contributed by atoms with E-state index in [4.69, 9.17) is 9.72 Å². The molecule has 0 fully saturated rings. The molecule has 1 aromatic heterocycles. The highest BCUT2D eigenvalue weighted by Crippen LogP contribution is 2.42. The summed E-state index contributed by atoms with van der Waals surface area (Å²) < 4.78 is 6.23. The van der Waals surface area contributed by atoms with Gasteiger partial charge in [0, 0.05) is 16.0 Å². The summed E-state index contributed by atoms with van der Waals surface area (Å²) in [5.41, 5.74) is 4.51. The molecule has 0 spiro atoms. The minimum absolute atomic E-state index is 0.795. The van der Waals surface area contributed by atoms with E-state index in [1.54, 1.807) is 0 Å². The maximum absolute atomic E-state index is 6.23. The van der Waals surface area contributed by atoms with Gasteiger partial charge in [-0.25, -0.2) is 4.98 Å². The molecule has 1 aliphatic rings. The molecule has 0 saturated heterocycles. The van der Waals surface area contributed by atoms with Gasteiger partial charge in [-0.3, -0.25) is 0 Å². The van der Waals surface area contributed by atoms with Crippen LogP contribution in [0.5, 0.6) is 11.5 Å². The fraction of sp³-hybridized carbons (Fsp3) is 0.0690. The molecule has 6 rings (SSSR count). The minimum atomic E-state index is 0.795. The second-order valence-corrected chi connectivity index (χ2v) is 8.98. The summed E-state index contributed by atoms with van der Waals surface area (Å²) in [6, 6.07) is 31.1. The van der Waals surface area contributed by atoms with E-state index in [2.05, 4.69) is 66.7 Å². The molecule has 1 aliphatic heterocycles. The summed E-state index contributed by atoms with van der Waals surface area (Å²) in [5.74, 6) is 2.71. The Kier molecular flexibility index (Phi) is 4.89. The average molecular weight is 432 g/mol. The molecule has 0 N–H and O–H groups in total. The Morgan fingerprint density at radius 2 is 1.53 bits per heavy atom. The summed E-state index contributed by atoms with van der Waals surface area (Å²) in [7, 11) is 0. The van der Waals surface area contributed by atoms with Gasteiger partial charge in [0.05, 0.1) is 5.69 Å². The lowest BCUT2D eigenvalue weighted by molar-refractivity contribution is 0.487. The van der Waals surface area contributed by atoms with Crippen LogP contribution in [0.3, 0.4) is 0 Å². The van der Waals surface area contributed by atoms with Crippen LogP contribution in [-0.4, -0.2) is 10.7 Å². The predicted molar refractivity (Wildman–Crippen MR) is 136 cm³/mol. The predicted octanol–water partition coefficient (Wildman–Crippen LogP) is 8.00. The van der Waals surface area contributed by atoms with E-state index in [1.165, 1.54) is 32.2 Å². The number of aromatic nitrogens is 1. The number of pyridine rings is 1. The number of thioether (sulfide) groups is 1. The van der Waals surface area contributed by atoms with E-state index in [9.17, 15) is 0 Å². The van der Waals surface area contributed by atoms with Crippen LogP contribution in [0.25, 0.3) is 33.8 Å². The van der Waals surface area contributed by atoms with E-state index in [-0.39, 0.29) is 0 Å². The fourth-order valence-electron chi connectivity index (χ4n) is 4.35. The zero-order chi connectivity index (χ0) is 21.3. The molecular formula is C29H21NOS. The molecule has 0 amide bonds. The molecular weight excluding hydrogens is 410 g/mol. The van der Waals surface area contributed by atoms with Gasteiger partial charge in [0.2, 0.25) is 0 Å². The first-order valence-electron chi connectivity index (χ1n) is 10.8. The maximum Gasteiger partial charge on any atom is 0.153 e. The van der Waals surface area contributed by atoms with Gasteiger partial charge in [-0.2, -0.15) is 0 Å². The van der Waals surface area contributed by atoms with Crippen LogP contribution < -0.4 is 4.74 Å². The number of para-hydroxylation sites is 2. The van der Waals surface area contributed by atoms with Crippen LogP contribution in [0.15, 0.2) is 95.9 Å². The van der Waals surface area contributed by atoms with E-state index in [0.717, 1.165) is 34.9 Å². The van der Waals surface area contributed by atoms with Crippen molar-refractivity contribution in [2.24, 2.45) is 0 Å². The van der Waals surface area contributed by atoms with Crippen LogP contribution in [0.4, 0.5) is 0 Å². The highest BCUT2D eigenvalue weighted by atomic mass is 32.2. The van der Waals surface area contributed by atoms with Crippen molar-refractivity contribution in [2.75, 3.05) is 5.75 Å². The van der Waals surface area contributed by atoms with Gasteiger partial charge in [0.1, 0.15) is 11.3 Å². The van der Waals surface area contributed by atoms with Crippen LogP contribution >= 0.6 is 11.8 Å². The number of benzene rings is 4. The van der Waals surface area contributed by atoms with E-state index in [1.807, 2.05) is 48.2 Å². The van der Waals surface area contributed by atoms with Crippen molar-refractivity contribution in [3.05, 3.63) is 108 Å². The molecule has 154 valence electrons. The normalized spacial score (nSPS) is 13.1. The quantitative estimate of drug-likeness (QED) is 0.288. The number of hydrogen-bond acceptors (Lipinski definition) is 3. The number of ether oxygens (including phenoxy) is 1. The van der Waals surface area contributed by atoms with Crippen molar-refractivity contribution in [3.8, 4) is 11.5 Å². The van der Waals surface area contributed by atoms with Gasteiger partial charge in [-0.15, -0.1) is 11.8 Å². The minimum Gasteiger partial charge on any atom is -0.455 e. The first kappa shape index (κ1) is 19.1. The molecule has 4 aromatic carbocycles. The fourth-order valence-corrected chi connectivity index (χ4v) is 5.56. The lowest BCUT2D eigenvalue weighted by Gasteiger charge is -2.12. The van der Waals surface area contributed by atoms with Crippen LogP contribution in [-0.2, 0) is 6.42 Å². The van der Waals surface area contributed by atoms with Crippen molar-refractivity contribution < 1.29 is 4.74 Å². The molecule has 0 saturated carbocycles. The van der Waals surface area contributed by atoms with Crippen molar-refractivity contribution in [1.29, 1.82) is 0 Å². The molecule has 0 radical (unpaired) electrons. The van der Waals surface area contributed by atoms with Gasteiger partial charge >= 0.3 is 0 Å². The smallest absolute Gasteiger partial charge is 0.153 e. The number of rotatable bonds is 4. The Bertz CT molecular complexity index is 1470. The molecule has 3 heteroatoms. The Hall–Kier alpha value is -3.56. The van der Waals surface area contributed by atoms with Gasteiger partial charge < -0.3 is 4.74 Å². The largest absolute Gasteiger partial charge is 0.455 e. The summed E-state index contributed by atoms with van der Waals surface area (Å²) in [6.45, 7) is 0. The van der Waals surface area contributed by atoms with Gasteiger partial charge in [-0.1, -0.05) is 78.9 Å². The lowest BCUT2D eigenvalue weighted by atomic mass is 10.0. The summed E-state index contributed by atoms with van der Waals surface area (Å²) in [4.78, 5) is 6.45. The molecule has 0 aliphatic carbocycles. The standard InChI is InChI=1S/C29H21NOS/c1-2-11-22(12-3-1)31-27-15-7-14-25-28(27)30-26(24-18-19-32-29(24)25)17-16-21-10-6-9-20-8-4-5-13-23(20)21/h1-17H,18-19H2/b17-16+. The molecule has 5 aromatic rings. The van der Waals surface area contributed by atoms with E-state index < -0.39 is 0 Å². The van der Waals surface area contributed by atoms with E-state index in [0.29, 0.717) is 0 Å². The molecule has 0 atom stereocenters. The first-order chi connectivity index (χ1) is 15.9. The second kappa shape index (κ2) is 8.18. The topological polar surface area (TPSA) is 22.1 Å². The van der Waals surface area contributed by atoms with Gasteiger partial charge in [0.25, 0.3) is 0 Å². The first-order valence-corrected chi connectivity index (χ1v) is 11.8. The maximum atomic E-state index is 6.23. The Morgan fingerprint density at radius 1 is 0.750 bits per heavy atom. The lowest BCUT2D eigenvalue weighted by Crippen LogP contribution is -1.96. The van der Waals surface area contributed by atoms with E-state index >= 15 is 0 Å². The third kappa shape index (κ3) is 3.45. The SMILES string of the molecule is C(=C\c1cccc2ccccc12)/c1nc2c(Oc3ccccc3)cccc2c2c1CCS2. The third-order valence-corrected chi connectivity index (χ3v) is 7.04. The number of hydrogen-bond donors (Lipinski definition) is 0. The average Bonchev–Trinajstić information content (AvgIpc) is 3.34. The summed E-state index contributed by atoms with van der Waals surface area (Å²) >= 11 is 1.92. The molecule has 2 nitrogen and oxygen atoms in total. The zero-order valence-corrected chi connectivity index (χ0v) is 18.3. The van der Waals surface area contributed by atoms with Crippen molar-refractivity contribution in [1.82, 2.24) is 4.98 Å². The van der Waals surface area contributed by atoms with Crippen molar-refractivity contribution in [2.45, 2.75) is 11.3 Å². The molecule has 0 bridgehead atoms. The zero-order valence-electron chi connectivity index (χ0n) is 17.5. The Balaban J connectivity index is 1.48. The number of nitrogens with zero attached hydrogens (tertiary/aromatic N) is 1. The van der Waals surface area contributed by atoms with Crippen molar-refractivity contribution >= 4 is 45.6 Å². The number of fused-ring (bicyclic) bond motifs is 4. The highest BCUT2D eigenvalue weighted by Gasteiger charge is 2.21. The van der Waals surface area contributed by atoms with Crippen LogP contribution in [0.2, 0.25) is 0 Å². The van der Waals surface area contributed by atoms with Gasteiger partial charge in [0.15, 0.2) is 5.75 Å². The molecule has 32 heavy (non-hydrogen) atoms. The second-order valence-electron chi connectivity index (χ2n) is 7.87. The van der Waals surface area contributed by atoms with Gasteiger partial charge in [-0.05, 0) is 52.6 Å². The third-order valence-electron chi connectivity index (χ3n) is 5.87. The van der Waals surface area contributed by atoms with Crippen LogP contribution in [0, 0.1) is 0 Å². The molecule has 0 unspecified atom stereocenters. The highest BCUT2D eigenvalue weighted by molar-refractivity contribution is 7.99. The molecule has 2 heterocycles. The summed E-state index contributed by atoms with van der Waals surface area (Å²) in [6.07, 6.45) is 5.41. The van der Waals surface area contributed by atoms with Crippen molar-refractivity contribution in [3.63, 3.8) is 0 Å². The van der Waals surface area contributed by atoms with Crippen LogP contribution in [0.1, 0.15) is 16.8 Å². The Labute approximate surface area is 191 Å².